The first-order valence-corrected chi connectivity index (χ1v) is 11.0. The number of fused-ring (bicyclic) bond motifs is 1. The normalized spacial score (nSPS) is 13.3. The van der Waals surface area contributed by atoms with E-state index < -0.39 is 9.84 Å². The Bertz CT molecular complexity index is 1010. The van der Waals surface area contributed by atoms with Crippen LogP contribution in [0.3, 0.4) is 0 Å². The Morgan fingerprint density at radius 1 is 1.12 bits per heavy atom. The summed E-state index contributed by atoms with van der Waals surface area (Å²) in [5.74, 6) is 0.734. The molecule has 1 atom stereocenters. The Hall–Kier alpha value is -1.79. The number of rotatable bonds is 6. The van der Waals surface area contributed by atoms with Gasteiger partial charge in [-0.1, -0.05) is 26.8 Å². The molecule has 3 rings (SSSR count). The third kappa shape index (κ3) is 3.53. The van der Waals surface area contributed by atoms with Gasteiger partial charge in [-0.15, -0.1) is 0 Å². The van der Waals surface area contributed by atoms with E-state index in [1.807, 2.05) is 45.0 Å². The molecule has 0 radical (unpaired) electrons. The molecule has 0 bridgehead atoms. The molecule has 0 saturated heterocycles. The molecule has 4 nitrogen and oxygen atoms in total. The molecule has 6 heteroatoms. The molecule has 0 fully saturated rings. The highest BCUT2D eigenvalue weighted by atomic mass is 79.9. The van der Waals surface area contributed by atoms with Gasteiger partial charge in [0.15, 0.2) is 5.01 Å². The van der Waals surface area contributed by atoms with E-state index in [4.69, 9.17) is 4.74 Å². The molecule has 138 valence electrons. The molecule has 2 heterocycles. The fourth-order valence-corrected chi connectivity index (χ4v) is 4.82. The number of benzene rings is 1. The van der Waals surface area contributed by atoms with Crippen molar-refractivity contribution < 1.29 is 13.2 Å². The van der Waals surface area contributed by atoms with Crippen molar-refractivity contribution in [1.29, 1.82) is 0 Å². The molecule has 1 aromatic carbocycles. The van der Waals surface area contributed by atoms with Crippen LogP contribution >= 0.6 is 15.9 Å². The van der Waals surface area contributed by atoms with Crippen LogP contribution in [0, 0.1) is 0 Å². The summed E-state index contributed by atoms with van der Waals surface area (Å²) in [5.41, 5.74) is 1.70. The van der Waals surface area contributed by atoms with Crippen LogP contribution in [0.5, 0.6) is 5.75 Å². The zero-order valence-electron chi connectivity index (χ0n) is 15.0. The SMILES string of the molecule is CCC(Br)Oc1ccc(S(=O)(=O)c2c(C(C)C)cc3ccccn23)cc1. The summed E-state index contributed by atoms with van der Waals surface area (Å²) in [6.07, 6.45) is 2.61. The monoisotopic (exact) mass is 435 g/mol. The van der Waals surface area contributed by atoms with Crippen molar-refractivity contribution in [1.82, 2.24) is 4.40 Å². The van der Waals surface area contributed by atoms with Crippen molar-refractivity contribution in [3.8, 4) is 5.75 Å². The highest BCUT2D eigenvalue weighted by Gasteiger charge is 2.27. The Morgan fingerprint density at radius 3 is 2.42 bits per heavy atom. The van der Waals surface area contributed by atoms with E-state index in [1.165, 1.54) is 0 Å². The van der Waals surface area contributed by atoms with Crippen LogP contribution in [0.4, 0.5) is 0 Å². The van der Waals surface area contributed by atoms with Crippen LogP contribution in [0.25, 0.3) is 5.52 Å². The van der Waals surface area contributed by atoms with Crippen LogP contribution in [0.2, 0.25) is 0 Å². The van der Waals surface area contributed by atoms with E-state index in [0.29, 0.717) is 10.8 Å². The second-order valence-corrected chi connectivity index (χ2v) is 9.35. The number of ether oxygens (including phenoxy) is 1. The summed E-state index contributed by atoms with van der Waals surface area (Å²) < 4.78 is 34.1. The maximum Gasteiger partial charge on any atom is 0.222 e. The highest BCUT2D eigenvalue weighted by Crippen LogP contribution is 2.32. The number of hydrogen-bond donors (Lipinski definition) is 0. The van der Waals surface area contributed by atoms with Crippen LogP contribution in [-0.2, 0) is 9.84 Å². The third-order valence-corrected chi connectivity index (χ3v) is 6.92. The van der Waals surface area contributed by atoms with Crippen molar-refractivity contribution in [2.45, 2.75) is 48.0 Å². The quantitative estimate of drug-likeness (QED) is 0.486. The van der Waals surface area contributed by atoms with E-state index in [1.54, 1.807) is 34.9 Å². The average Bonchev–Trinajstić information content (AvgIpc) is 3.02. The van der Waals surface area contributed by atoms with Crippen LogP contribution in [-0.4, -0.2) is 17.8 Å². The summed E-state index contributed by atoms with van der Waals surface area (Å²) in [7, 11) is -3.65. The van der Waals surface area contributed by atoms with Gasteiger partial charge in [0.1, 0.15) is 10.8 Å². The molecule has 2 aromatic heterocycles. The minimum Gasteiger partial charge on any atom is -0.479 e. The van der Waals surface area contributed by atoms with Gasteiger partial charge >= 0.3 is 0 Å². The predicted octanol–water partition coefficient (Wildman–Crippen LogP) is 5.41. The standard InChI is InChI=1S/C20H22BrNO3S/c1-4-19(21)25-16-8-10-17(11-9-16)26(23,24)20-18(14(2)3)13-15-7-5-6-12-22(15)20/h5-14,19H,4H2,1-3H3. The molecule has 0 aliphatic carbocycles. The van der Waals surface area contributed by atoms with Crippen molar-refractivity contribution in [2.24, 2.45) is 0 Å². The lowest BCUT2D eigenvalue weighted by Crippen LogP contribution is -2.09. The fraction of sp³-hybridized carbons (Fsp3) is 0.300. The Labute approximate surface area is 162 Å². The Balaban J connectivity index is 2.08. The molecule has 0 amide bonds. The first kappa shape index (κ1) is 19.0. The lowest BCUT2D eigenvalue weighted by molar-refractivity contribution is 0.290. The van der Waals surface area contributed by atoms with Gasteiger partial charge in [-0.05, 0) is 76.3 Å². The van der Waals surface area contributed by atoms with Crippen LogP contribution < -0.4 is 4.74 Å². The predicted molar refractivity (Wildman–Crippen MR) is 107 cm³/mol. The molecule has 0 aliphatic rings. The van der Waals surface area contributed by atoms with Gasteiger partial charge in [-0.3, -0.25) is 0 Å². The molecule has 1 unspecified atom stereocenters. The number of nitrogens with zero attached hydrogens (tertiary/aromatic N) is 1. The smallest absolute Gasteiger partial charge is 0.222 e. The number of hydrogen-bond acceptors (Lipinski definition) is 3. The minimum atomic E-state index is -3.65. The van der Waals surface area contributed by atoms with Crippen molar-refractivity contribution >= 4 is 31.3 Å². The summed E-state index contributed by atoms with van der Waals surface area (Å²) in [6.45, 7) is 6.01. The number of pyridine rings is 1. The number of alkyl halides is 1. The first-order valence-electron chi connectivity index (χ1n) is 8.60. The van der Waals surface area contributed by atoms with Gasteiger partial charge in [0.2, 0.25) is 9.84 Å². The van der Waals surface area contributed by atoms with E-state index in [2.05, 4.69) is 15.9 Å². The fourth-order valence-electron chi connectivity index (χ4n) is 2.86. The van der Waals surface area contributed by atoms with Gasteiger partial charge in [0.05, 0.1) is 4.90 Å². The highest BCUT2D eigenvalue weighted by molar-refractivity contribution is 9.09. The average molecular weight is 436 g/mol. The van der Waals surface area contributed by atoms with E-state index in [-0.39, 0.29) is 15.8 Å². The van der Waals surface area contributed by atoms with E-state index in [0.717, 1.165) is 17.5 Å². The van der Waals surface area contributed by atoms with Gasteiger partial charge in [0.25, 0.3) is 0 Å². The summed E-state index contributed by atoms with van der Waals surface area (Å²) in [5, 5.41) is 0.246. The van der Waals surface area contributed by atoms with Crippen molar-refractivity contribution in [2.75, 3.05) is 0 Å². The van der Waals surface area contributed by atoms with Gasteiger partial charge in [-0.2, -0.15) is 0 Å². The molecule has 26 heavy (non-hydrogen) atoms. The number of sulfone groups is 1. The largest absolute Gasteiger partial charge is 0.479 e. The van der Waals surface area contributed by atoms with Crippen molar-refractivity contribution in [3.05, 3.63) is 60.3 Å². The molecule has 0 spiro atoms. The summed E-state index contributed by atoms with van der Waals surface area (Å²) >= 11 is 3.41. The lowest BCUT2D eigenvalue weighted by atomic mass is 10.1. The van der Waals surface area contributed by atoms with E-state index in [9.17, 15) is 8.42 Å². The molecular formula is C20H22BrNO3S. The second kappa shape index (κ2) is 7.45. The van der Waals surface area contributed by atoms with Crippen LogP contribution in [0.15, 0.2) is 64.6 Å². The Kier molecular flexibility index (Phi) is 5.44. The van der Waals surface area contributed by atoms with Gasteiger partial charge < -0.3 is 9.14 Å². The van der Waals surface area contributed by atoms with Crippen LogP contribution in [0.1, 0.15) is 38.7 Å². The first-order chi connectivity index (χ1) is 12.3. The molecule has 0 saturated carbocycles. The van der Waals surface area contributed by atoms with Gasteiger partial charge in [-0.25, -0.2) is 8.42 Å². The van der Waals surface area contributed by atoms with Gasteiger partial charge in [0, 0.05) is 11.7 Å². The second-order valence-electron chi connectivity index (χ2n) is 6.47. The summed E-state index contributed by atoms with van der Waals surface area (Å²) in [4.78, 5) is 0.262. The zero-order valence-corrected chi connectivity index (χ0v) is 17.4. The molecule has 0 N–H and O–H groups in total. The zero-order chi connectivity index (χ0) is 18.9. The lowest BCUT2D eigenvalue weighted by Gasteiger charge is -2.13. The molecule has 3 aromatic rings. The van der Waals surface area contributed by atoms with Crippen molar-refractivity contribution in [3.63, 3.8) is 0 Å². The molecular weight excluding hydrogens is 414 g/mol. The molecule has 0 aliphatic heterocycles. The topological polar surface area (TPSA) is 47.8 Å². The maximum absolute atomic E-state index is 13.4. The Morgan fingerprint density at radius 2 is 1.81 bits per heavy atom. The summed E-state index contributed by atoms with van der Waals surface area (Å²) in [6, 6.07) is 14.2. The minimum absolute atomic E-state index is 0.0907. The third-order valence-electron chi connectivity index (χ3n) is 4.26. The number of aromatic nitrogens is 1. The number of halogens is 1. The maximum atomic E-state index is 13.4. The van der Waals surface area contributed by atoms with E-state index >= 15 is 0 Å².